The molecule has 0 unspecified atom stereocenters. The van der Waals surface area contributed by atoms with Crippen LogP contribution >= 0.6 is 0 Å². The SMILES string of the molecule is CC(=O)O.CC(=O)O.CCCCCCC(=O)O.CCCCCCC(=O)O.OCC(O)CO.OCC(O)CO. The second-order valence-electron chi connectivity index (χ2n) is 7.48. The van der Waals surface area contributed by atoms with Gasteiger partial charge in [-0.2, -0.15) is 0 Å². The highest BCUT2D eigenvalue weighted by Gasteiger charge is 1.95. The van der Waals surface area contributed by atoms with Crippen LogP contribution < -0.4 is 0 Å². The van der Waals surface area contributed by atoms with Gasteiger partial charge in [0.2, 0.25) is 0 Å². The number of aliphatic hydroxyl groups excluding tert-OH is 6. The number of rotatable bonds is 14. The minimum Gasteiger partial charge on any atom is -0.481 e. The first-order chi connectivity index (χ1) is 17.6. The van der Waals surface area contributed by atoms with Crippen LogP contribution in [0.1, 0.15) is 91.9 Å². The summed E-state index contributed by atoms with van der Waals surface area (Å²) in [5, 5.41) is 79.3. The first-order valence-electron chi connectivity index (χ1n) is 12.2. The molecule has 232 valence electrons. The molecule has 0 radical (unpaired) electrons. The van der Waals surface area contributed by atoms with Gasteiger partial charge in [-0.3, -0.25) is 19.2 Å². The minimum absolute atomic E-state index is 0.333. The first kappa shape index (κ1) is 48.7. The van der Waals surface area contributed by atoms with Crippen molar-refractivity contribution >= 4 is 23.9 Å². The standard InChI is InChI=1S/2C7H14O2.2C3H8O3.2C2H4O2/c2*1-2-3-4-5-6-7(8)9;2*4-1-3(6)2-5;2*1-2(3)4/h2*2-6H2,1H3,(H,8,9);2*3-6H,1-2H2;2*1H3,(H,3,4). The number of aliphatic hydroxyl groups is 6. The lowest BCUT2D eigenvalue weighted by atomic mass is 10.2. The number of aliphatic carboxylic acids is 4. The highest BCUT2D eigenvalue weighted by Crippen LogP contribution is 2.02. The molecule has 10 N–H and O–H groups in total. The van der Waals surface area contributed by atoms with Gasteiger partial charge in [-0.05, 0) is 12.8 Å². The summed E-state index contributed by atoms with van der Waals surface area (Å²) in [6.45, 7) is 4.93. The maximum Gasteiger partial charge on any atom is 0.303 e. The van der Waals surface area contributed by atoms with Crippen molar-refractivity contribution in [2.75, 3.05) is 26.4 Å². The van der Waals surface area contributed by atoms with E-state index >= 15 is 0 Å². The molecule has 0 aliphatic carbocycles. The number of carbonyl (C=O) groups is 4. The van der Waals surface area contributed by atoms with E-state index < -0.39 is 36.1 Å². The molecule has 0 atom stereocenters. The molecule has 0 amide bonds. The molecule has 14 heteroatoms. The van der Waals surface area contributed by atoms with Crippen LogP contribution in [-0.4, -0.2) is 114 Å². The van der Waals surface area contributed by atoms with Gasteiger partial charge in [-0.25, -0.2) is 0 Å². The van der Waals surface area contributed by atoms with Crippen molar-refractivity contribution in [2.24, 2.45) is 0 Å². The van der Waals surface area contributed by atoms with Gasteiger partial charge < -0.3 is 51.1 Å². The normalized spacial score (nSPS) is 8.95. The highest BCUT2D eigenvalue weighted by molar-refractivity contribution is 5.66. The Morgan fingerprint density at radius 1 is 0.500 bits per heavy atom. The fraction of sp³-hybridized carbons (Fsp3) is 0.833. The van der Waals surface area contributed by atoms with Crippen molar-refractivity contribution in [1.29, 1.82) is 0 Å². The van der Waals surface area contributed by atoms with Crippen LogP contribution in [0.5, 0.6) is 0 Å². The van der Waals surface area contributed by atoms with Crippen LogP contribution in [-0.2, 0) is 19.2 Å². The maximum atomic E-state index is 9.96. The second kappa shape index (κ2) is 44.6. The van der Waals surface area contributed by atoms with E-state index in [4.69, 9.17) is 60.7 Å². The van der Waals surface area contributed by atoms with Gasteiger partial charge >= 0.3 is 11.9 Å². The summed E-state index contributed by atoms with van der Waals surface area (Å²) in [6, 6.07) is 0. The van der Waals surface area contributed by atoms with Gasteiger partial charge in [-0.15, -0.1) is 0 Å². The topological polar surface area (TPSA) is 271 Å². The van der Waals surface area contributed by atoms with Crippen molar-refractivity contribution in [1.82, 2.24) is 0 Å². The van der Waals surface area contributed by atoms with Crippen LogP contribution in [0.2, 0.25) is 0 Å². The van der Waals surface area contributed by atoms with Crippen molar-refractivity contribution in [3.8, 4) is 0 Å². The third kappa shape index (κ3) is 115. The summed E-state index contributed by atoms with van der Waals surface area (Å²) >= 11 is 0. The summed E-state index contributed by atoms with van der Waals surface area (Å²) in [5.74, 6) is -3.02. The second-order valence-corrected chi connectivity index (χ2v) is 7.48. The molecule has 38 heavy (non-hydrogen) atoms. The van der Waals surface area contributed by atoms with Gasteiger partial charge in [-0.1, -0.05) is 52.4 Å². The number of carboxylic acids is 4. The molecule has 0 aromatic heterocycles. The van der Waals surface area contributed by atoms with E-state index in [2.05, 4.69) is 13.8 Å². The Morgan fingerprint density at radius 2 is 0.711 bits per heavy atom. The quantitative estimate of drug-likeness (QED) is 0.131. The molecule has 0 heterocycles. The molecule has 0 saturated carbocycles. The maximum absolute atomic E-state index is 9.96. The fourth-order valence-corrected chi connectivity index (χ4v) is 1.52. The summed E-state index contributed by atoms with van der Waals surface area (Å²) < 4.78 is 0. The molecule has 0 aliphatic heterocycles. The molecule has 0 fully saturated rings. The van der Waals surface area contributed by atoms with E-state index in [-0.39, 0.29) is 26.4 Å². The molecule has 0 aromatic carbocycles. The summed E-state index contributed by atoms with van der Waals surface area (Å²) in [7, 11) is 0. The Kier molecular flexibility index (Phi) is 57.2. The largest absolute Gasteiger partial charge is 0.481 e. The van der Waals surface area contributed by atoms with Gasteiger partial charge in [0.15, 0.2) is 0 Å². The van der Waals surface area contributed by atoms with Gasteiger partial charge in [0.1, 0.15) is 12.2 Å². The first-order valence-corrected chi connectivity index (χ1v) is 12.2. The fourth-order valence-electron chi connectivity index (χ4n) is 1.52. The lowest BCUT2D eigenvalue weighted by Crippen LogP contribution is -2.15. The lowest BCUT2D eigenvalue weighted by Gasteiger charge is -1.96. The Labute approximate surface area is 225 Å². The predicted octanol–water partition coefficient (Wildman–Crippen LogP) is 0.928. The molecular formula is C24H52O14. The van der Waals surface area contributed by atoms with Gasteiger partial charge in [0.05, 0.1) is 26.4 Å². The van der Waals surface area contributed by atoms with E-state index in [1.807, 2.05) is 0 Å². The lowest BCUT2D eigenvalue weighted by molar-refractivity contribution is -0.138. The average Bonchev–Trinajstić information content (AvgIpc) is 2.83. The molecular weight excluding hydrogens is 512 g/mol. The van der Waals surface area contributed by atoms with Crippen molar-refractivity contribution in [2.45, 2.75) is 104 Å². The zero-order chi connectivity index (χ0) is 31.4. The van der Waals surface area contributed by atoms with E-state index in [9.17, 15) is 9.59 Å². The van der Waals surface area contributed by atoms with Gasteiger partial charge in [0.25, 0.3) is 11.9 Å². The van der Waals surface area contributed by atoms with Crippen LogP contribution in [0.4, 0.5) is 0 Å². The van der Waals surface area contributed by atoms with Crippen molar-refractivity contribution in [3.63, 3.8) is 0 Å². The van der Waals surface area contributed by atoms with Crippen LogP contribution in [0, 0.1) is 0 Å². The third-order valence-electron chi connectivity index (χ3n) is 3.33. The molecule has 0 spiro atoms. The number of carboxylic acid groups (broad SMARTS) is 4. The molecule has 0 saturated heterocycles. The van der Waals surface area contributed by atoms with E-state index in [0.717, 1.165) is 52.4 Å². The number of hydrogen-bond donors (Lipinski definition) is 10. The number of unbranched alkanes of at least 4 members (excludes halogenated alkanes) is 6. The van der Waals surface area contributed by atoms with Crippen molar-refractivity contribution in [3.05, 3.63) is 0 Å². The van der Waals surface area contributed by atoms with Gasteiger partial charge in [0, 0.05) is 26.7 Å². The van der Waals surface area contributed by atoms with Crippen molar-refractivity contribution < 1.29 is 70.2 Å². The number of hydrogen-bond acceptors (Lipinski definition) is 10. The zero-order valence-electron chi connectivity index (χ0n) is 23.2. The average molecular weight is 565 g/mol. The summed E-state index contributed by atoms with van der Waals surface area (Å²) in [6.07, 6.45) is 7.20. The van der Waals surface area contributed by atoms with E-state index in [0.29, 0.717) is 12.8 Å². The minimum atomic E-state index is -0.954. The molecule has 0 aromatic rings. The van der Waals surface area contributed by atoms with Crippen LogP contribution in [0.3, 0.4) is 0 Å². The molecule has 14 nitrogen and oxygen atoms in total. The highest BCUT2D eigenvalue weighted by atomic mass is 16.4. The zero-order valence-corrected chi connectivity index (χ0v) is 23.2. The summed E-state index contributed by atoms with van der Waals surface area (Å²) in [5.41, 5.74) is 0. The molecule has 0 aliphatic rings. The Morgan fingerprint density at radius 3 is 0.816 bits per heavy atom. The van der Waals surface area contributed by atoms with E-state index in [1.54, 1.807) is 0 Å². The molecule has 0 rings (SSSR count). The Balaban J connectivity index is -0.0000000833. The smallest absolute Gasteiger partial charge is 0.303 e. The monoisotopic (exact) mass is 564 g/mol. The third-order valence-corrected chi connectivity index (χ3v) is 3.33. The van der Waals surface area contributed by atoms with E-state index in [1.165, 1.54) is 12.8 Å². The van der Waals surface area contributed by atoms with Crippen LogP contribution in [0.25, 0.3) is 0 Å². The summed E-state index contributed by atoms with van der Waals surface area (Å²) in [4.78, 5) is 37.9. The Bertz CT molecular complexity index is 441. The Hall–Kier alpha value is -2.36. The molecule has 0 bridgehead atoms. The van der Waals surface area contributed by atoms with Crippen LogP contribution in [0.15, 0.2) is 0 Å². The predicted molar refractivity (Wildman–Crippen MR) is 140 cm³/mol.